The van der Waals surface area contributed by atoms with Gasteiger partial charge in [-0.3, -0.25) is 4.79 Å². The van der Waals surface area contributed by atoms with Crippen LogP contribution in [0.4, 0.5) is 0 Å². The van der Waals surface area contributed by atoms with Crippen molar-refractivity contribution in [3.63, 3.8) is 0 Å². The molecule has 1 aliphatic heterocycles. The molecule has 0 spiro atoms. The predicted octanol–water partition coefficient (Wildman–Crippen LogP) is 1.33. The molecule has 2 atom stereocenters. The summed E-state index contributed by atoms with van der Waals surface area (Å²) in [6, 6.07) is 0.339. The van der Waals surface area contributed by atoms with Gasteiger partial charge in [0.2, 0.25) is 0 Å². The lowest BCUT2D eigenvalue weighted by atomic mass is 9.86. The van der Waals surface area contributed by atoms with E-state index >= 15 is 0 Å². The van der Waals surface area contributed by atoms with Crippen molar-refractivity contribution in [1.82, 2.24) is 5.32 Å². The van der Waals surface area contributed by atoms with E-state index in [0.717, 1.165) is 12.8 Å². The molecule has 0 aromatic rings. The molecule has 1 saturated heterocycles. The molecule has 0 aliphatic carbocycles. The van der Waals surface area contributed by atoms with Crippen LogP contribution in [-0.2, 0) is 9.53 Å². The molecule has 0 aromatic carbocycles. The van der Waals surface area contributed by atoms with Crippen molar-refractivity contribution >= 4 is 5.97 Å². The maximum Gasteiger partial charge on any atom is 0.322 e. The Hall–Kier alpha value is -0.570. The van der Waals surface area contributed by atoms with Crippen molar-refractivity contribution < 1.29 is 9.53 Å². The fourth-order valence-corrected chi connectivity index (χ4v) is 1.75. The summed E-state index contributed by atoms with van der Waals surface area (Å²) < 4.78 is 4.69. The smallest absolute Gasteiger partial charge is 0.322 e. The lowest BCUT2D eigenvalue weighted by Gasteiger charge is -2.27. The number of methoxy groups -OCH3 is 1. The van der Waals surface area contributed by atoms with E-state index in [1.54, 1.807) is 0 Å². The fraction of sp³-hybridized carbons (Fsp3) is 0.900. The predicted molar refractivity (Wildman–Crippen MR) is 51.4 cm³/mol. The van der Waals surface area contributed by atoms with Gasteiger partial charge in [0.1, 0.15) is 6.04 Å². The standard InChI is InChI=1S/C10H19NO2/c1-10(2,3)8-6-5-7(11-8)9(12)13-4/h7-8,11H,5-6H2,1-4H3. The number of rotatable bonds is 1. The van der Waals surface area contributed by atoms with E-state index in [2.05, 4.69) is 26.1 Å². The van der Waals surface area contributed by atoms with Crippen LogP contribution in [0.1, 0.15) is 33.6 Å². The van der Waals surface area contributed by atoms with Gasteiger partial charge in [-0.2, -0.15) is 0 Å². The molecule has 0 bridgehead atoms. The van der Waals surface area contributed by atoms with Crippen LogP contribution in [0.2, 0.25) is 0 Å². The minimum atomic E-state index is -0.133. The summed E-state index contributed by atoms with van der Waals surface area (Å²) in [6.45, 7) is 6.55. The topological polar surface area (TPSA) is 38.3 Å². The van der Waals surface area contributed by atoms with Crippen molar-refractivity contribution in [2.75, 3.05) is 7.11 Å². The largest absolute Gasteiger partial charge is 0.468 e. The summed E-state index contributed by atoms with van der Waals surface area (Å²) in [7, 11) is 1.44. The molecule has 2 unspecified atom stereocenters. The first-order valence-electron chi connectivity index (χ1n) is 4.79. The Bertz CT molecular complexity index is 196. The van der Waals surface area contributed by atoms with Gasteiger partial charge in [-0.05, 0) is 18.3 Å². The molecule has 13 heavy (non-hydrogen) atoms. The minimum absolute atomic E-state index is 0.0887. The third-order valence-electron chi connectivity index (χ3n) is 2.68. The molecule has 0 aromatic heterocycles. The van der Waals surface area contributed by atoms with Crippen LogP contribution in [0.25, 0.3) is 0 Å². The Morgan fingerprint density at radius 2 is 2.00 bits per heavy atom. The van der Waals surface area contributed by atoms with Crippen molar-refractivity contribution in [3.05, 3.63) is 0 Å². The first kappa shape index (κ1) is 10.5. The van der Waals surface area contributed by atoms with Gasteiger partial charge < -0.3 is 10.1 Å². The van der Waals surface area contributed by atoms with Crippen LogP contribution in [-0.4, -0.2) is 25.2 Å². The highest BCUT2D eigenvalue weighted by atomic mass is 16.5. The lowest BCUT2D eigenvalue weighted by molar-refractivity contribution is -0.142. The molecular weight excluding hydrogens is 166 g/mol. The average molecular weight is 185 g/mol. The van der Waals surface area contributed by atoms with E-state index in [1.807, 2.05) is 0 Å². The Morgan fingerprint density at radius 3 is 2.38 bits per heavy atom. The number of ether oxygens (including phenoxy) is 1. The van der Waals surface area contributed by atoms with Gasteiger partial charge in [0.05, 0.1) is 7.11 Å². The minimum Gasteiger partial charge on any atom is -0.468 e. The maximum absolute atomic E-state index is 11.2. The van der Waals surface area contributed by atoms with Crippen LogP contribution in [0.15, 0.2) is 0 Å². The maximum atomic E-state index is 11.2. The summed E-state index contributed by atoms with van der Waals surface area (Å²) >= 11 is 0. The van der Waals surface area contributed by atoms with E-state index in [1.165, 1.54) is 7.11 Å². The van der Waals surface area contributed by atoms with Crippen LogP contribution in [0.3, 0.4) is 0 Å². The number of hydrogen-bond donors (Lipinski definition) is 1. The molecule has 76 valence electrons. The number of hydrogen-bond acceptors (Lipinski definition) is 3. The third kappa shape index (κ3) is 2.44. The summed E-state index contributed by atoms with van der Waals surface area (Å²) in [6.07, 6.45) is 1.96. The monoisotopic (exact) mass is 185 g/mol. The second-order valence-electron chi connectivity index (χ2n) is 4.74. The SMILES string of the molecule is COC(=O)C1CCC(C(C)(C)C)N1. The van der Waals surface area contributed by atoms with E-state index in [-0.39, 0.29) is 17.4 Å². The molecule has 1 fully saturated rings. The third-order valence-corrected chi connectivity index (χ3v) is 2.68. The summed E-state index contributed by atoms with van der Waals surface area (Å²) in [5, 5.41) is 3.31. The first-order valence-corrected chi connectivity index (χ1v) is 4.79. The molecule has 3 nitrogen and oxygen atoms in total. The van der Waals surface area contributed by atoms with Crippen molar-refractivity contribution in [3.8, 4) is 0 Å². The highest BCUT2D eigenvalue weighted by molar-refractivity contribution is 5.76. The van der Waals surface area contributed by atoms with Crippen molar-refractivity contribution in [2.45, 2.75) is 45.7 Å². The number of esters is 1. The molecule has 0 saturated carbocycles. The zero-order valence-corrected chi connectivity index (χ0v) is 8.89. The van der Waals surface area contributed by atoms with Gasteiger partial charge in [-0.15, -0.1) is 0 Å². The Balaban J connectivity index is 2.50. The molecule has 1 heterocycles. The van der Waals surface area contributed by atoms with Crippen LogP contribution >= 0.6 is 0 Å². The van der Waals surface area contributed by atoms with Gasteiger partial charge in [0.25, 0.3) is 0 Å². The summed E-state index contributed by atoms with van der Waals surface area (Å²) in [5.41, 5.74) is 0.225. The molecular formula is C10H19NO2. The summed E-state index contributed by atoms with van der Waals surface area (Å²) in [4.78, 5) is 11.2. The van der Waals surface area contributed by atoms with Crippen LogP contribution in [0, 0.1) is 5.41 Å². The zero-order valence-electron chi connectivity index (χ0n) is 8.89. The van der Waals surface area contributed by atoms with E-state index in [9.17, 15) is 4.79 Å². The van der Waals surface area contributed by atoms with E-state index in [4.69, 9.17) is 4.74 Å². The van der Waals surface area contributed by atoms with Crippen molar-refractivity contribution in [2.24, 2.45) is 5.41 Å². The Morgan fingerprint density at radius 1 is 1.38 bits per heavy atom. The van der Waals surface area contributed by atoms with Gasteiger partial charge in [0.15, 0.2) is 0 Å². The van der Waals surface area contributed by atoms with Crippen molar-refractivity contribution in [1.29, 1.82) is 0 Å². The molecule has 1 N–H and O–H groups in total. The van der Waals surface area contributed by atoms with Gasteiger partial charge in [-0.1, -0.05) is 20.8 Å². The lowest BCUT2D eigenvalue weighted by Crippen LogP contribution is -2.42. The van der Waals surface area contributed by atoms with E-state index < -0.39 is 0 Å². The molecule has 0 amide bonds. The zero-order chi connectivity index (χ0) is 10.1. The summed E-state index contributed by atoms with van der Waals surface area (Å²) in [5.74, 6) is -0.133. The van der Waals surface area contributed by atoms with Crippen LogP contribution in [0.5, 0.6) is 0 Å². The number of nitrogens with one attached hydrogen (secondary N) is 1. The second-order valence-corrected chi connectivity index (χ2v) is 4.74. The average Bonchev–Trinajstić information content (AvgIpc) is 2.50. The fourth-order valence-electron chi connectivity index (χ4n) is 1.75. The quantitative estimate of drug-likeness (QED) is 0.626. The van der Waals surface area contributed by atoms with Gasteiger partial charge >= 0.3 is 5.97 Å². The molecule has 3 heteroatoms. The molecule has 0 radical (unpaired) electrons. The first-order chi connectivity index (χ1) is 5.95. The molecule has 1 aliphatic rings. The second kappa shape index (κ2) is 3.66. The Labute approximate surface area is 79.8 Å². The number of carbonyl (C=O) groups excluding carboxylic acids is 1. The highest BCUT2D eigenvalue weighted by Gasteiger charge is 2.35. The van der Waals surface area contributed by atoms with E-state index in [0.29, 0.717) is 6.04 Å². The Kier molecular flexibility index (Phi) is 2.96. The number of carbonyl (C=O) groups is 1. The van der Waals surface area contributed by atoms with Gasteiger partial charge in [-0.25, -0.2) is 0 Å². The normalized spacial score (nSPS) is 28.9. The van der Waals surface area contributed by atoms with Gasteiger partial charge in [0, 0.05) is 6.04 Å². The highest BCUT2D eigenvalue weighted by Crippen LogP contribution is 2.28. The van der Waals surface area contributed by atoms with Crippen LogP contribution < -0.4 is 5.32 Å². The molecule has 1 rings (SSSR count).